The van der Waals surface area contributed by atoms with E-state index in [9.17, 15) is 0 Å². The molecule has 0 aromatic heterocycles. The lowest BCUT2D eigenvalue weighted by Crippen LogP contribution is -1.97. The van der Waals surface area contributed by atoms with Crippen molar-refractivity contribution in [3.05, 3.63) is 17.7 Å². The van der Waals surface area contributed by atoms with Crippen molar-refractivity contribution in [3.8, 4) is 0 Å². The van der Waals surface area contributed by atoms with Crippen LogP contribution >= 0.6 is 11.8 Å². The third kappa shape index (κ3) is 1.43. The Bertz CT molecular complexity index is 271. The Hall–Kier alpha value is -0.830. The highest BCUT2D eigenvalue weighted by molar-refractivity contribution is 7.98. The van der Waals surface area contributed by atoms with Crippen LogP contribution in [0.5, 0.6) is 0 Å². The average molecular weight is 168 g/mol. The smallest absolute Gasteiger partial charge is 0.0502 e. The zero-order valence-corrected chi connectivity index (χ0v) is 7.53. The molecule has 0 fully saturated rings. The molecule has 0 saturated carbocycles. The Kier molecular flexibility index (Phi) is 2.29. The average Bonchev–Trinajstić information content (AvgIpc) is 2.01. The van der Waals surface area contributed by atoms with Gasteiger partial charge in [0, 0.05) is 10.6 Å². The summed E-state index contributed by atoms with van der Waals surface area (Å²) >= 11 is 1.64. The predicted octanol–water partition coefficient (Wildman–Crippen LogP) is 1.88. The fraction of sp³-hybridized carbons (Fsp3) is 0.250. The first-order valence-corrected chi connectivity index (χ1v) is 4.58. The summed E-state index contributed by atoms with van der Waals surface area (Å²) in [5, 5.41) is 0. The highest BCUT2D eigenvalue weighted by Crippen LogP contribution is 2.28. The summed E-state index contributed by atoms with van der Waals surface area (Å²) in [7, 11) is 0. The van der Waals surface area contributed by atoms with Crippen molar-refractivity contribution in [1.82, 2.24) is 0 Å². The Labute approximate surface area is 71.0 Å². The van der Waals surface area contributed by atoms with E-state index in [-0.39, 0.29) is 0 Å². The minimum absolute atomic E-state index is 0.764. The minimum atomic E-state index is 0.764. The van der Waals surface area contributed by atoms with E-state index >= 15 is 0 Å². The molecule has 0 aliphatic carbocycles. The van der Waals surface area contributed by atoms with Crippen LogP contribution in [0.15, 0.2) is 17.0 Å². The molecule has 1 aromatic rings. The van der Waals surface area contributed by atoms with Gasteiger partial charge in [-0.15, -0.1) is 11.8 Å². The van der Waals surface area contributed by atoms with Gasteiger partial charge in [-0.25, -0.2) is 0 Å². The number of rotatable bonds is 1. The number of nitrogens with two attached hydrogens (primary N) is 2. The molecular formula is C8H12N2S. The maximum Gasteiger partial charge on any atom is 0.0502 e. The minimum Gasteiger partial charge on any atom is -0.398 e. The van der Waals surface area contributed by atoms with E-state index < -0.39 is 0 Å². The summed E-state index contributed by atoms with van der Waals surface area (Å²) < 4.78 is 0. The van der Waals surface area contributed by atoms with Gasteiger partial charge in [0.15, 0.2) is 0 Å². The molecule has 11 heavy (non-hydrogen) atoms. The van der Waals surface area contributed by atoms with Gasteiger partial charge in [0.2, 0.25) is 0 Å². The van der Waals surface area contributed by atoms with Crippen LogP contribution in [0.2, 0.25) is 0 Å². The van der Waals surface area contributed by atoms with Gasteiger partial charge >= 0.3 is 0 Å². The van der Waals surface area contributed by atoms with Gasteiger partial charge in [0.25, 0.3) is 0 Å². The van der Waals surface area contributed by atoms with Crippen molar-refractivity contribution in [2.24, 2.45) is 0 Å². The highest BCUT2D eigenvalue weighted by Gasteiger charge is 2.02. The second-order valence-corrected chi connectivity index (χ2v) is 3.24. The van der Waals surface area contributed by atoms with E-state index in [0.29, 0.717) is 0 Å². The number of hydrogen-bond acceptors (Lipinski definition) is 3. The molecule has 0 amide bonds. The molecular weight excluding hydrogens is 156 g/mol. The van der Waals surface area contributed by atoms with Crippen molar-refractivity contribution < 1.29 is 0 Å². The molecule has 0 aliphatic heterocycles. The molecule has 0 atom stereocenters. The first kappa shape index (κ1) is 8.27. The van der Waals surface area contributed by atoms with Gasteiger partial charge in [0.1, 0.15) is 0 Å². The summed E-state index contributed by atoms with van der Waals surface area (Å²) in [6, 6.07) is 3.83. The molecule has 0 saturated heterocycles. The van der Waals surface area contributed by atoms with Crippen LogP contribution < -0.4 is 11.5 Å². The second-order valence-electron chi connectivity index (χ2n) is 2.40. The van der Waals surface area contributed by atoms with Gasteiger partial charge in [-0.3, -0.25) is 0 Å². The third-order valence-corrected chi connectivity index (χ3v) is 2.53. The van der Waals surface area contributed by atoms with Crippen molar-refractivity contribution in [2.75, 3.05) is 17.7 Å². The van der Waals surface area contributed by atoms with Gasteiger partial charge < -0.3 is 11.5 Å². The first-order chi connectivity index (χ1) is 5.16. The zero-order chi connectivity index (χ0) is 8.43. The normalized spacial score (nSPS) is 10.0. The molecule has 3 heteroatoms. The van der Waals surface area contributed by atoms with Gasteiger partial charge in [-0.1, -0.05) is 0 Å². The first-order valence-electron chi connectivity index (χ1n) is 3.35. The van der Waals surface area contributed by atoms with Crippen LogP contribution in [0.4, 0.5) is 11.4 Å². The van der Waals surface area contributed by atoms with Crippen molar-refractivity contribution in [2.45, 2.75) is 11.8 Å². The maximum absolute atomic E-state index is 5.79. The van der Waals surface area contributed by atoms with Crippen LogP contribution in [0, 0.1) is 6.92 Å². The lowest BCUT2D eigenvalue weighted by Gasteiger charge is -2.07. The van der Waals surface area contributed by atoms with Gasteiger partial charge in [-0.05, 0) is 30.9 Å². The SMILES string of the molecule is CSc1ccc(N)c(C)c1N. The lowest BCUT2D eigenvalue weighted by atomic mass is 10.2. The standard InChI is InChI=1S/C8H12N2S/c1-5-6(9)3-4-7(11-2)8(5)10/h3-4H,9-10H2,1-2H3. The van der Waals surface area contributed by atoms with E-state index in [1.807, 2.05) is 25.3 Å². The van der Waals surface area contributed by atoms with Crippen LogP contribution in [-0.4, -0.2) is 6.26 Å². The molecule has 0 aliphatic rings. The van der Waals surface area contributed by atoms with Crippen LogP contribution in [0.3, 0.4) is 0 Å². The van der Waals surface area contributed by atoms with Crippen LogP contribution in [-0.2, 0) is 0 Å². The number of benzene rings is 1. The van der Waals surface area contributed by atoms with Crippen molar-refractivity contribution in [3.63, 3.8) is 0 Å². The molecule has 0 bridgehead atoms. The molecule has 1 aromatic carbocycles. The summed E-state index contributed by atoms with van der Waals surface area (Å²) in [6.07, 6.45) is 2.00. The topological polar surface area (TPSA) is 52.0 Å². The van der Waals surface area contributed by atoms with Crippen molar-refractivity contribution >= 4 is 23.1 Å². The molecule has 0 spiro atoms. The van der Waals surface area contributed by atoms with Crippen molar-refractivity contribution in [1.29, 1.82) is 0 Å². The Morgan fingerprint density at radius 1 is 1.27 bits per heavy atom. The zero-order valence-electron chi connectivity index (χ0n) is 6.72. The van der Waals surface area contributed by atoms with Crippen LogP contribution in [0.1, 0.15) is 5.56 Å². The maximum atomic E-state index is 5.79. The van der Waals surface area contributed by atoms with E-state index in [0.717, 1.165) is 21.8 Å². The van der Waals surface area contributed by atoms with E-state index in [1.165, 1.54) is 0 Å². The molecule has 1 rings (SSSR count). The fourth-order valence-corrected chi connectivity index (χ4v) is 1.48. The van der Waals surface area contributed by atoms with Crippen LogP contribution in [0.25, 0.3) is 0 Å². The van der Waals surface area contributed by atoms with E-state index in [4.69, 9.17) is 11.5 Å². The quantitative estimate of drug-likeness (QED) is 0.497. The number of thioether (sulfide) groups is 1. The number of anilines is 2. The second kappa shape index (κ2) is 3.05. The third-order valence-electron chi connectivity index (χ3n) is 1.74. The van der Waals surface area contributed by atoms with E-state index in [2.05, 4.69) is 0 Å². The number of nitrogen functional groups attached to an aromatic ring is 2. The largest absolute Gasteiger partial charge is 0.398 e. The summed E-state index contributed by atoms with van der Waals surface area (Å²) in [5.74, 6) is 0. The lowest BCUT2D eigenvalue weighted by molar-refractivity contribution is 1.37. The molecule has 2 nitrogen and oxygen atoms in total. The highest BCUT2D eigenvalue weighted by atomic mass is 32.2. The van der Waals surface area contributed by atoms with Gasteiger partial charge in [0.05, 0.1) is 5.69 Å². The summed E-state index contributed by atoms with van der Waals surface area (Å²) in [5.41, 5.74) is 14.0. The Morgan fingerprint density at radius 3 is 2.45 bits per heavy atom. The monoisotopic (exact) mass is 168 g/mol. The Morgan fingerprint density at radius 2 is 1.91 bits per heavy atom. The molecule has 60 valence electrons. The predicted molar refractivity (Wildman–Crippen MR) is 51.8 cm³/mol. The molecule has 0 radical (unpaired) electrons. The molecule has 0 unspecified atom stereocenters. The van der Waals surface area contributed by atoms with Gasteiger partial charge in [-0.2, -0.15) is 0 Å². The Balaban J connectivity index is 3.25. The fourth-order valence-electron chi connectivity index (χ4n) is 0.899. The summed E-state index contributed by atoms with van der Waals surface area (Å²) in [4.78, 5) is 1.09. The molecule has 4 N–H and O–H groups in total. The summed E-state index contributed by atoms with van der Waals surface area (Å²) in [6.45, 7) is 1.93. The molecule has 0 heterocycles. The van der Waals surface area contributed by atoms with E-state index in [1.54, 1.807) is 11.8 Å². The number of hydrogen-bond donors (Lipinski definition) is 2.